The fourth-order valence-corrected chi connectivity index (χ4v) is 1.96. The van der Waals surface area contributed by atoms with Gasteiger partial charge in [0.1, 0.15) is 0 Å². The quantitative estimate of drug-likeness (QED) is 0.627. The Kier molecular flexibility index (Phi) is 4.95. The molecule has 0 aromatic heterocycles. The molecular formula is C12H23N. The fraction of sp³-hybridized carbons (Fsp3) is 0.833. The van der Waals surface area contributed by atoms with Crippen molar-refractivity contribution in [3.63, 3.8) is 0 Å². The third kappa shape index (κ3) is 3.41. The summed E-state index contributed by atoms with van der Waals surface area (Å²) in [6.07, 6.45) is 10.5. The molecule has 76 valence electrons. The molecule has 0 heterocycles. The van der Waals surface area contributed by atoms with Crippen LogP contribution in [0, 0.1) is 0 Å². The van der Waals surface area contributed by atoms with Crippen molar-refractivity contribution in [2.24, 2.45) is 0 Å². The average molecular weight is 181 g/mol. The lowest BCUT2D eigenvalue weighted by molar-refractivity contribution is 0.332. The van der Waals surface area contributed by atoms with Crippen molar-refractivity contribution in [3.8, 4) is 0 Å². The summed E-state index contributed by atoms with van der Waals surface area (Å²) in [6, 6.07) is 0. The highest BCUT2D eigenvalue weighted by atomic mass is 15.1. The van der Waals surface area contributed by atoms with Gasteiger partial charge in [-0.25, -0.2) is 0 Å². The highest BCUT2D eigenvalue weighted by Crippen LogP contribution is 2.20. The van der Waals surface area contributed by atoms with Crippen molar-refractivity contribution < 1.29 is 0 Å². The zero-order valence-corrected chi connectivity index (χ0v) is 9.18. The molecule has 0 aliphatic heterocycles. The van der Waals surface area contributed by atoms with Crippen molar-refractivity contribution in [1.29, 1.82) is 0 Å². The first-order chi connectivity index (χ1) is 6.38. The van der Waals surface area contributed by atoms with Gasteiger partial charge in [0.25, 0.3) is 0 Å². The van der Waals surface area contributed by atoms with E-state index in [9.17, 15) is 0 Å². The first-order valence-electron chi connectivity index (χ1n) is 5.82. The number of unbranched alkanes of at least 4 members (excludes halogenated alkanes) is 1. The minimum absolute atomic E-state index is 1.19. The van der Waals surface area contributed by atoms with Crippen molar-refractivity contribution in [2.45, 2.75) is 52.4 Å². The van der Waals surface area contributed by atoms with Crippen LogP contribution >= 0.6 is 0 Å². The van der Waals surface area contributed by atoms with Crippen LogP contribution in [-0.2, 0) is 0 Å². The molecule has 0 atom stereocenters. The summed E-state index contributed by atoms with van der Waals surface area (Å²) >= 11 is 0. The summed E-state index contributed by atoms with van der Waals surface area (Å²) in [7, 11) is 0. The highest BCUT2D eigenvalue weighted by Gasteiger charge is 2.09. The van der Waals surface area contributed by atoms with E-state index in [-0.39, 0.29) is 0 Å². The zero-order chi connectivity index (χ0) is 9.52. The van der Waals surface area contributed by atoms with E-state index in [1.54, 1.807) is 5.70 Å². The zero-order valence-electron chi connectivity index (χ0n) is 9.18. The van der Waals surface area contributed by atoms with Gasteiger partial charge in [0.2, 0.25) is 0 Å². The van der Waals surface area contributed by atoms with Crippen LogP contribution in [0.1, 0.15) is 52.4 Å². The number of nitrogens with zero attached hydrogens (tertiary/aromatic N) is 1. The maximum Gasteiger partial charge on any atom is 0.0174 e. The second kappa shape index (κ2) is 6.06. The van der Waals surface area contributed by atoms with Gasteiger partial charge in [-0.05, 0) is 39.0 Å². The molecule has 13 heavy (non-hydrogen) atoms. The Balaban J connectivity index is 2.39. The third-order valence-electron chi connectivity index (χ3n) is 2.84. The Bertz CT molecular complexity index is 161. The monoisotopic (exact) mass is 181 g/mol. The van der Waals surface area contributed by atoms with Crippen LogP contribution in [0.3, 0.4) is 0 Å². The van der Waals surface area contributed by atoms with Crippen molar-refractivity contribution >= 4 is 0 Å². The Morgan fingerprint density at radius 2 is 2.15 bits per heavy atom. The second-order valence-electron chi connectivity index (χ2n) is 3.87. The second-order valence-corrected chi connectivity index (χ2v) is 3.87. The summed E-state index contributed by atoms with van der Waals surface area (Å²) in [5.41, 5.74) is 1.61. The molecular weight excluding hydrogens is 158 g/mol. The van der Waals surface area contributed by atoms with Gasteiger partial charge in [0, 0.05) is 18.8 Å². The van der Waals surface area contributed by atoms with Gasteiger partial charge in [0.15, 0.2) is 0 Å². The van der Waals surface area contributed by atoms with E-state index in [0.29, 0.717) is 0 Å². The fourth-order valence-electron chi connectivity index (χ4n) is 1.96. The van der Waals surface area contributed by atoms with Gasteiger partial charge in [-0.2, -0.15) is 0 Å². The summed E-state index contributed by atoms with van der Waals surface area (Å²) in [5.74, 6) is 0. The molecule has 0 aromatic carbocycles. The van der Waals surface area contributed by atoms with Crippen LogP contribution in [0.2, 0.25) is 0 Å². The van der Waals surface area contributed by atoms with Crippen LogP contribution in [0.15, 0.2) is 11.8 Å². The summed E-state index contributed by atoms with van der Waals surface area (Å²) in [5, 5.41) is 0. The van der Waals surface area contributed by atoms with E-state index in [1.807, 2.05) is 0 Å². The predicted molar refractivity (Wildman–Crippen MR) is 58.7 cm³/mol. The maximum atomic E-state index is 2.56. The van der Waals surface area contributed by atoms with Crippen LogP contribution < -0.4 is 0 Å². The summed E-state index contributed by atoms with van der Waals surface area (Å²) < 4.78 is 0. The van der Waals surface area contributed by atoms with E-state index in [0.717, 1.165) is 0 Å². The third-order valence-corrected chi connectivity index (χ3v) is 2.84. The molecule has 0 unspecified atom stereocenters. The van der Waals surface area contributed by atoms with E-state index < -0.39 is 0 Å². The molecule has 1 aliphatic carbocycles. The van der Waals surface area contributed by atoms with Gasteiger partial charge in [-0.1, -0.05) is 19.4 Å². The first-order valence-corrected chi connectivity index (χ1v) is 5.82. The van der Waals surface area contributed by atoms with Crippen molar-refractivity contribution in [1.82, 2.24) is 4.90 Å². The Labute approximate surface area is 82.8 Å². The van der Waals surface area contributed by atoms with E-state index in [1.165, 1.54) is 51.6 Å². The van der Waals surface area contributed by atoms with Crippen LogP contribution in [-0.4, -0.2) is 18.0 Å². The van der Waals surface area contributed by atoms with E-state index >= 15 is 0 Å². The molecule has 1 rings (SSSR count). The topological polar surface area (TPSA) is 3.24 Å². The SMILES string of the molecule is CCCCN(CC)C1=CCCCC1. The van der Waals surface area contributed by atoms with Gasteiger partial charge in [0.05, 0.1) is 0 Å². The largest absolute Gasteiger partial charge is 0.375 e. The predicted octanol–water partition coefficient (Wildman–Crippen LogP) is 3.57. The molecule has 0 N–H and O–H groups in total. The number of allylic oxidation sites excluding steroid dienone is 2. The van der Waals surface area contributed by atoms with E-state index in [4.69, 9.17) is 0 Å². The van der Waals surface area contributed by atoms with Gasteiger partial charge >= 0.3 is 0 Å². The smallest absolute Gasteiger partial charge is 0.0174 e. The molecule has 0 saturated carbocycles. The summed E-state index contributed by atoms with van der Waals surface area (Å²) in [6.45, 7) is 6.98. The Morgan fingerprint density at radius 3 is 2.69 bits per heavy atom. The molecule has 0 fully saturated rings. The lowest BCUT2D eigenvalue weighted by atomic mass is 10.0. The molecule has 1 heteroatoms. The molecule has 0 spiro atoms. The molecule has 0 bridgehead atoms. The maximum absolute atomic E-state index is 2.56. The molecule has 0 saturated heterocycles. The van der Waals surface area contributed by atoms with Crippen LogP contribution in [0.5, 0.6) is 0 Å². The van der Waals surface area contributed by atoms with Gasteiger partial charge < -0.3 is 4.90 Å². The molecule has 0 amide bonds. The number of hydrogen-bond donors (Lipinski definition) is 0. The number of rotatable bonds is 5. The van der Waals surface area contributed by atoms with Crippen molar-refractivity contribution in [3.05, 3.63) is 11.8 Å². The van der Waals surface area contributed by atoms with Gasteiger partial charge in [-0.15, -0.1) is 0 Å². The molecule has 0 aromatic rings. The molecule has 1 aliphatic rings. The lowest BCUT2D eigenvalue weighted by Gasteiger charge is -2.28. The average Bonchev–Trinajstić information content (AvgIpc) is 2.21. The standard InChI is InChI=1S/C12H23N/c1-3-5-11-13(4-2)12-9-7-6-8-10-12/h9H,3-8,10-11H2,1-2H3. The normalized spacial score (nSPS) is 16.9. The summed E-state index contributed by atoms with van der Waals surface area (Å²) in [4.78, 5) is 2.56. The lowest BCUT2D eigenvalue weighted by Crippen LogP contribution is -2.24. The minimum atomic E-state index is 1.19. The Hall–Kier alpha value is -0.460. The van der Waals surface area contributed by atoms with Crippen molar-refractivity contribution in [2.75, 3.05) is 13.1 Å². The van der Waals surface area contributed by atoms with Crippen LogP contribution in [0.4, 0.5) is 0 Å². The molecule has 0 radical (unpaired) electrons. The first kappa shape index (κ1) is 10.6. The highest BCUT2D eigenvalue weighted by molar-refractivity contribution is 5.03. The van der Waals surface area contributed by atoms with Crippen LogP contribution in [0.25, 0.3) is 0 Å². The van der Waals surface area contributed by atoms with Gasteiger partial charge in [-0.3, -0.25) is 0 Å². The number of hydrogen-bond acceptors (Lipinski definition) is 1. The minimum Gasteiger partial charge on any atom is -0.375 e. The van der Waals surface area contributed by atoms with E-state index in [2.05, 4.69) is 24.8 Å². The Morgan fingerprint density at radius 1 is 1.31 bits per heavy atom. The molecule has 1 nitrogen and oxygen atoms in total.